The molecule has 1 aliphatic carbocycles. The normalized spacial score (nSPS) is 13.2. The molecule has 0 amide bonds. The van der Waals surface area contributed by atoms with Gasteiger partial charge >= 0.3 is 0 Å². The molecule has 1 aliphatic rings. The Hall–Kier alpha value is -1.97. The average Bonchev–Trinajstić information content (AvgIpc) is 2.11. The minimum Gasteiger partial charge on any atom is -0.545 e. The zero-order valence-electron chi connectivity index (χ0n) is 6.73. The van der Waals surface area contributed by atoms with Crippen LogP contribution in [0.4, 0.5) is 0 Å². The van der Waals surface area contributed by atoms with E-state index in [0.29, 0.717) is 0 Å². The molecule has 0 aromatic rings. The molecule has 0 N–H and O–H groups in total. The van der Waals surface area contributed by atoms with Crippen molar-refractivity contribution >= 4 is 17.5 Å². The molecule has 68 valence electrons. The molecule has 0 saturated heterocycles. The minimum atomic E-state index is -1.23. The van der Waals surface area contributed by atoms with E-state index in [-0.39, 0.29) is 11.6 Å². The SMILES string of the molecule is C=CC(=O)[O-].O=C1C=CC(=O)C=C1. The summed E-state index contributed by atoms with van der Waals surface area (Å²) < 4.78 is 0. The third-order valence-electron chi connectivity index (χ3n) is 0.990. The van der Waals surface area contributed by atoms with Gasteiger partial charge in [-0.3, -0.25) is 9.59 Å². The summed E-state index contributed by atoms with van der Waals surface area (Å²) in [5.74, 6) is -1.47. The Balaban J connectivity index is 0.000000252. The van der Waals surface area contributed by atoms with Gasteiger partial charge in [0.15, 0.2) is 11.6 Å². The van der Waals surface area contributed by atoms with Crippen molar-refractivity contribution in [1.82, 2.24) is 0 Å². The number of carbonyl (C=O) groups is 3. The summed E-state index contributed by atoms with van der Waals surface area (Å²) in [6.07, 6.45) is 5.73. The Morgan fingerprint density at radius 2 is 1.38 bits per heavy atom. The Labute approximate surface area is 74.9 Å². The number of hydrogen-bond donors (Lipinski definition) is 0. The van der Waals surface area contributed by atoms with Gasteiger partial charge in [-0.15, -0.1) is 0 Å². The van der Waals surface area contributed by atoms with Gasteiger partial charge < -0.3 is 9.90 Å². The molecule has 0 aromatic heterocycles. The fraction of sp³-hybridized carbons (Fsp3) is 0. The fourth-order valence-electron chi connectivity index (χ4n) is 0.440. The Kier molecular flexibility index (Phi) is 4.79. The van der Waals surface area contributed by atoms with E-state index >= 15 is 0 Å². The van der Waals surface area contributed by atoms with Crippen molar-refractivity contribution in [3.05, 3.63) is 37.0 Å². The molecule has 0 radical (unpaired) electrons. The molecule has 0 saturated carbocycles. The maximum absolute atomic E-state index is 10.3. The first-order valence-corrected chi connectivity index (χ1v) is 3.33. The molecule has 0 aromatic carbocycles. The smallest absolute Gasteiger partial charge is 0.178 e. The maximum Gasteiger partial charge on any atom is 0.178 e. The van der Waals surface area contributed by atoms with Crippen molar-refractivity contribution < 1.29 is 19.5 Å². The van der Waals surface area contributed by atoms with Crippen molar-refractivity contribution in [2.45, 2.75) is 0 Å². The van der Waals surface area contributed by atoms with Crippen LogP contribution < -0.4 is 5.11 Å². The van der Waals surface area contributed by atoms with Crippen LogP contribution in [0.5, 0.6) is 0 Å². The second kappa shape index (κ2) is 5.65. The lowest BCUT2D eigenvalue weighted by atomic mass is 10.2. The first-order valence-electron chi connectivity index (χ1n) is 3.33. The van der Waals surface area contributed by atoms with Gasteiger partial charge in [0.1, 0.15) is 0 Å². The number of carboxylic acids is 1. The summed E-state index contributed by atoms with van der Waals surface area (Å²) in [5, 5.41) is 9.14. The van der Waals surface area contributed by atoms with E-state index in [0.717, 1.165) is 6.08 Å². The van der Waals surface area contributed by atoms with E-state index < -0.39 is 5.97 Å². The number of allylic oxidation sites excluding steroid dienone is 4. The lowest BCUT2D eigenvalue weighted by molar-refractivity contribution is -0.297. The summed E-state index contributed by atoms with van der Waals surface area (Å²) in [5.41, 5.74) is 0. The van der Waals surface area contributed by atoms with Gasteiger partial charge in [0, 0.05) is 0 Å². The summed E-state index contributed by atoms with van der Waals surface area (Å²) in [6, 6.07) is 0. The van der Waals surface area contributed by atoms with Crippen molar-refractivity contribution in [2.75, 3.05) is 0 Å². The molecule has 0 atom stereocenters. The highest BCUT2D eigenvalue weighted by molar-refractivity contribution is 6.14. The van der Waals surface area contributed by atoms with Gasteiger partial charge in [0.2, 0.25) is 0 Å². The van der Waals surface area contributed by atoms with E-state index in [4.69, 9.17) is 9.90 Å². The van der Waals surface area contributed by atoms with Crippen LogP contribution in [-0.4, -0.2) is 17.5 Å². The third kappa shape index (κ3) is 6.43. The molecule has 0 aliphatic heterocycles. The first kappa shape index (κ1) is 11.0. The zero-order chi connectivity index (χ0) is 10.3. The van der Waals surface area contributed by atoms with Gasteiger partial charge in [-0.25, -0.2) is 0 Å². The van der Waals surface area contributed by atoms with Crippen molar-refractivity contribution in [2.24, 2.45) is 0 Å². The minimum absolute atomic E-state index is 0.121. The van der Waals surface area contributed by atoms with Gasteiger partial charge in [-0.1, -0.05) is 6.58 Å². The Bertz CT molecular complexity index is 259. The van der Waals surface area contributed by atoms with E-state index in [1.165, 1.54) is 24.3 Å². The van der Waals surface area contributed by atoms with Gasteiger partial charge in [-0.05, 0) is 30.4 Å². The first-order chi connectivity index (χ1) is 6.06. The highest BCUT2D eigenvalue weighted by atomic mass is 16.4. The van der Waals surface area contributed by atoms with E-state index in [1.54, 1.807) is 0 Å². The monoisotopic (exact) mass is 179 g/mol. The van der Waals surface area contributed by atoms with Crippen LogP contribution in [-0.2, 0) is 14.4 Å². The standard InChI is InChI=1S/C6H4O2.C3H4O2/c7-5-1-2-6(8)4-3-5;1-2-3(4)5/h1-4H;2H,1H2,(H,4,5)/p-1. The number of ketones is 2. The molecular formula is C9H7O4-. The summed E-state index contributed by atoms with van der Waals surface area (Å²) >= 11 is 0. The van der Waals surface area contributed by atoms with Gasteiger partial charge in [0.05, 0.1) is 5.97 Å². The van der Waals surface area contributed by atoms with Crippen molar-refractivity contribution in [1.29, 1.82) is 0 Å². The third-order valence-corrected chi connectivity index (χ3v) is 0.990. The van der Waals surface area contributed by atoms with Crippen LogP contribution in [0, 0.1) is 0 Å². The van der Waals surface area contributed by atoms with Gasteiger partial charge in [0.25, 0.3) is 0 Å². The Morgan fingerprint density at radius 1 is 1.15 bits per heavy atom. The lowest BCUT2D eigenvalue weighted by Gasteiger charge is -1.87. The van der Waals surface area contributed by atoms with Crippen molar-refractivity contribution in [3.63, 3.8) is 0 Å². The molecule has 13 heavy (non-hydrogen) atoms. The van der Waals surface area contributed by atoms with E-state index in [2.05, 4.69) is 6.58 Å². The van der Waals surface area contributed by atoms with Crippen molar-refractivity contribution in [3.8, 4) is 0 Å². The number of aliphatic carboxylic acids is 1. The van der Waals surface area contributed by atoms with Crippen LogP contribution in [0.1, 0.15) is 0 Å². The molecule has 0 unspecified atom stereocenters. The number of carboxylic acid groups (broad SMARTS) is 1. The molecule has 0 bridgehead atoms. The molecule has 0 spiro atoms. The molecule has 4 nitrogen and oxygen atoms in total. The second-order valence-electron chi connectivity index (χ2n) is 1.99. The summed E-state index contributed by atoms with van der Waals surface area (Å²) in [7, 11) is 0. The predicted molar refractivity (Wildman–Crippen MR) is 43.5 cm³/mol. The predicted octanol–water partition coefficient (Wildman–Crippen LogP) is -0.827. The Morgan fingerprint density at radius 3 is 1.54 bits per heavy atom. The van der Waals surface area contributed by atoms with Crippen LogP contribution in [0.25, 0.3) is 0 Å². The van der Waals surface area contributed by atoms with Crippen LogP contribution >= 0.6 is 0 Å². The number of carbonyl (C=O) groups excluding carboxylic acids is 3. The highest BCUT2D eigenvalue weighted by Gasteiger charge is 1.97. The molecule has 0 heterocycles. The van der Waals surface area contributed by atoms with Crippen LogP contribution in [0.3, 0.4) is 0 Å². The molecular weight excluding hydrogens is 172 g/mol. The largest absolute Gasteiger partial charge is 0.545 e. The number of hydrogen-bond acceptors (Lipinski definition) is 4. The van der Waals surface area contributed by atoms with E-state index in [1.807, 2.05) is 0 Å². The van der Waals surface area contributed by atoms with Crippen LogP contribution in [0.2, 0.25) is 0 Å². The summed E-state index contributed by atoms with van der Waals surface area (Å²) in [6.45, 7) is 2.90. The topological polar surface area (TPSA) is 74.3 Å². The number of rotatable bonds is 1. The zero-order valence-corrected chi connectivity index (χ0v) is 6.73. The highest BCUT2D eigenvalue weighted by Crippen LogP contribution is 1.90. The van der Waals surface area contributed by atoms with Crippen LogP contribution in [0.15, 0.2) is 37.0 Å². The fourth-order valence-corrected chi connectivity index (χ4v) is 0.440. The average molecular weight is 179 g/mol. The molecule has 4 heteroatoms. The maximum atomic E-state index is 10.3. The molecule has 0 fully saturated rings. The van der Waals surface area contributed by atoms with E-state index in [9.17, 15) is 9.59 Å². The molecule has 1 rings (SSSR count). The van der Waals surface area contributed by atoms with Gasteiger partial charge in [-0.2, -0.15) is 0 Å². The second-order valence-corrected chi connectivity index (χ2v) is 1.99. The summed E-state index contributed by atoms with van der Waals surface area (Å²) in [4.78, 5) is 29.7. The quantitative estimate of drug-likeness (QED) is 0.389. The lowest BCUT2D eigenvalue weighted by Crippen LogP contribution is -2.17.